The van der Waals surface area contributed by atoms with Gasteiger partial charge in [0.2, 0.25) is 0 Å². The fraction of sp³-hybridized carbons (Fsp3) is 0.556. The molecule has 1 aliphatic carbocycles. The van der Waals surface area contributed by atoms with Crippen molar-refractivity contribution in [3.8, 4) is 17.2 Å². The van der Waals surface area contributed by atoms with E-state index >= 15 is 0 Å². The molecule has 1 aromatic heterocycles. The molecule has 0 radical (unpaired) electrons. The first-order chi connectivity index (χ1) is 17.1. The summed E-state index contributed by atoms with van der Waals surface area (Å²) in [5.74, 6) is 0.851. The Bertz CT molecular complexity index is 997. The van der Waals surface area contributed by atoms with Gasteiger partial charge in [-0.05, 0) is 62.3 Å². The molecule has 35 heavy (non-hydrogen) atoms. The number of rotatable bonds is 10. The molecule has 4 rings (SSSR count). The van der Waals surface area contributed by atoms with Crippen molar-refractivity contribution in [3.05, 3.63) is 41.6 Å². The lowest BCUT2D eigenvalue weighted by molar-refractivity contribution is 0.0456. The molecule has 0 unspecified atom stereocenters. The van der Waals surface area contributed by atoms with Crippen LogP contribution in [0.2, 0.25) is 5.02 Å². The number of hydrogen-bond donors (Lipinski definition) is 3. The van der Waals surface area contributed by atoms with Crippen LogP contribution in [0.25, 0.3) is 11.1 Å². The molecule has 2 heterocycles. The largest absolute Gasteiger partial charge is 0.383 e. The molecule has 1 aliphatic heterocycles. The van der Waals surface area contributed by atoms with Crippen LogP contribution in [-0.2, 0) is 9.47 Å². The summed E-state index contributed by atoms with van der Waals surface area (Å²) in [4.78, 5) is 4.54. The molecule has 3 N–H and O–H groups in total. The number of nitriles is 1. The monoisotopic (exact) mass is 497 g/mol. The molecule has 1 saturated heterocycles. The lowest BCUT2D eigenvalue weighted by atomic mass is 9.81. The number of halogens is 1. The van der Waals surface area contributed by atoms with E-state index in [1.54, 1.807) is 13.3 Å². The van der Waals surface area contributed by atoms with Crippen molar-refractivity contribution in [1.82, 2.24) is 10.3 Å². The number of pyridine rings is 1. The van der Waals surface area contributed by atoms with E-state index in [0.29, 0.717) is 36.9 Å². The molecule has 1 aromatic carbocycles. The van der Waals surface area contributed by atoms with Crippen molar-refractivity contribution < 1.29 is 9.47 Å². The van der Waals surface area contributed by atoms with Crippen molar-refractivity contribution >= 4 is 23.1 Å². The highest BCUT2D eigenvalue weighted by Gasteiger charge is 2.32. The third-order valence-electron chi connectivity index (χ3n) is 7.17. The topological polar surface area (TPSA) is 91.2 Å². The first kappa shape index (κ1) is 25.7. The van der Waals surface area contributed by atoms with Crippen LogP contribution in [0.3, 0.4) is 0 Å². The SMILES string of the molecule is COCCN[C@H]1CC[C@H](Nc2cc(-c3cccc(NCC4(C#N)CCOCC4)c3)c(Cl)cn2)CC1. The van der Waals surface area contributed by atoms with E-state index in [-0.39, 0.29) is 5.41 Å². The summed E-state index contributed by atoms with van der Waals surface area (Å²) < 4.78 is 10.6. The van der Waals surface area contributed by atoms with Gasteiger partial charge in [0.05, 0.1) is 23.1 Å². The van der Waals surface area contributed by atoms with Gasteiger partial charge in [0.1, 0.15) is 5.82 Å². The zero-order chi connectivity index (χ0) is 24.5. The van der Waals surface area contributed by atoms with Gasteiger partial charge in [-0.25, -0.2) is 4.98 Å². The molecule has 2 fully saturated rings. The highest BCUT2D eigenvalue weighted by molar-refractivity contribution is 6.33. The van der Waals surface area contributed by atoms with Crippen LogP contribution < -0.4 is 16.0 Å². The third kappa shape index (κ3) is 7.08. The van der Waals surface area contributed by atoms with Crippen molar-refractivity contribution in [1.29, 1.82) is 5.26 Å². The number of nitrogens with one attached hydrogen (secondary N) is 3. The van der Waals surface area contributed by atoms with Gasteiger partial charge in [-0.1, -0.05) is 23.7 Å². The molecular formula is C27H36ClN5O2. The van der Waals surface area contributed by atoms with Gasteiger partial charge in [0.25, 0.3) is 0 Å². The number of hydrogen-bond acceptors (Lipinski definition) is 7. The van der Waals surface area contributed by atoms with Crippen molar-refractivity contribution in [3.63, 3.8) is 0 Å². The molecule has 0 bridgehead atoms. The van der Waals surface area contributed by atoms with E-state index in [1.807, 2.05) is 18.2 Å². The number of ether oxygens (including phenoxy) is 2. The average Bonchev–Trinajstić information content (AvgIpc) is 2.90. The summed E-state index contributed by atoms with van der Waals surface area (Å²) in [5, 5.41) is 21.0. The Morgan fingerprint density at radius 3 is 2.69 bits per heavy atom. The highest BCUT2D eigenvalue weighted by atomic mass is 35.5. The molecule has 2 aliphatic rings. The Balaban J connectivity index is 1.38. The molecule has 7 nitrogen and oxygen atoms in total. The minimum Gasteiger partial charge on any atom is -0.383 e. The fourth-order valence-corrected chi connectivity index (χ4v) is 5.13. The van der Waals surface area contributed by atoms with Crippen LogP contribution in [0.5, 0.6) is 0 Å². The molecule has 8 heteroatoms. The first-order valence-electron chi connectivity index (χ1n) is 12.6. The lowest BCUT2D eigenvalue weighted by Crippen LogP contribution is -2.38. The van der Waals surface area contributed by atoms with Crippen LogP contribution in [-0.4, -0.2) is 57.1 Å². The van der Waals surface area contributed by atoms with Gasteiger partial charge in [-0.3, -0.25) is 0 Å². The minimum atomic E-state index is -0.377. The van der Waals surface area contributed by atoms with Gasteiger partial charge >= 0.3 is 0 Å². The predicted molar refractivity (Wildman–Crippen MR) is 141 cm³/mol. The van der Waals surface area contributed by atoms with Gasteiger partial charge in [-0.2, -0.15) is 5.26 Å². The second kappa shape index (κ2) is 12.5. The number of nitrogens with zero attached hydrogens (tertiary/aromatic N) is 2. The summed E-state index contributed by atoms with van der Waals surface area (Å²) in [6, 6.07) is 13.7. The normalized spacial score (nSPS) is 21.7. The zero-order valence-corrected chi connectivity index (χ0v) is 21.2. The maximum atomic E-state index is 9.73. The molecule has 0 amide bonds. The van der Waals surface area contributed by atoms with E-state index in [9.17, 15) is 5.26 Å². The van der Waals surface area contributed by atoms with Crippen LogP contribution >= 0.6 is 11.6 Å². The number of aromatic nitrogens is 1. The Kier molecular flexibility index (Phi) is 9.22. The second-order valence-corrected chi connectivity index (χ2v) is 10.0. The summed E-state index contributed by atoms with van der Waals surface area (Å²) in [6.45, 7) is 3.55. The standard InChI is InChI=1S/C27H36ClN5O2/c1-34-14-11-30-21-5-7-22(8-6-21)33-26-16-24(25(28)17-31-26)20-3-2-4-23(15-20)32-19-27(18-29)9-12-35-13-10-27/h2-4,15-17,21-22,30,32H,5-14,19H2,1H3,(H,31,33)/t21-,22-. The predicted octanol–water partition coefficient (Wildman–Crippen LogP) is 5.09. The number of anilines is 2. The van der Waals surface area contributed by atoms with Crippen LogP contribution in [0, 0.1) is 16.7 Å². The van der Waals surface area contributed by atoms with Crippen molar-refractivity contribution in [2.24, 2.45) is 5.41 Å². The minimum absolute atomic E-state index is 0.377. The Hall–Kier alpha value is -2.37. The third-order valence-corrected chi connectivity index (χ3v) is 7.47. The van der Waals surface area contributed by atoms with E-state index in [0.717, 1.165) is 74.3 Å². The van der Waals surface area contributed by atoms with E-state index in [2.05, 4.69) is 39.1 Å². The molecule has 188 valence electrons. The number of benzene rings is 1. The molecule has 0 atom stereocenters. The molecule has 1 saturated carbocycles. The number of methoxy groups -OCH3 is 1. The Labute approximate surface area is 213 Å². The summed E-state index contributed by atoms with van der Waals surface area (Å²) in [5.41, 5.74) is 2.57. The van der Waals surface area contributed by atoms with Crippen LogP contribution in [0.1, 0.15) is 38.5 Å². The Morgan fingerprint density at radius 1 is 1.17 bits per heavy atom. The summed E-state index contributed by atoms with van der Waals surface area (Å²) in [7, 11) is 1.74. The van der Waals surface area contributed by atoms with Gasteiger partial charge in [-0.15, -0.1) is 0 Å². The van der Waals surface area contributed by atoms with Gasteiger partial charge < -0.3 is 25.4 Å². The summed E-state index contributed by atoms with van der Waals surface area (Å²) >= 11 is 6.56. The maximum absolute atomic E-state index is 9.73. The van der Waals surface area contributed by atoms with Crippen LogP contribution in [0.4, 0.5) is 11.5 Å². The second-order valence-electron chi connectivity index (χ2n) is 9.63. The maximum Gasteiger partial charge on any atom is 0.126 e. The average molecular weight is 498 g/mol. The van der Waals surface area contributed by atoms with E-state index < -0.39 is 0 Å². The van der Waals surface area contributed by atoms with E-state index in [4.69, 9.17) is 21.1 Å². The smallest absolute Gasteiger partial charge is 0.126 e. The molecule has 0 spiro atoms. The fourth-order valence-electron chi connectivity index (χ4n) is 4.91. The highest BCUT2D eigenvalue weighted by Crippen LogP contribution is 2.33. The quantitative estimate of drug-likeness (QED) is 0.393. The summed E-state index contributed by atoms with van der Waals surface area (Å²) in [6.07, 6.45) is 7.74. The molecular weight excluding hydrogens is 462 g/mol. The zero-order valence-electron chi connectivity index (χ0n) is 20.5. The molecule has 2 aromatic rings. The Morgan fingerprint density at radius 2 is 1.94 bits per heavy atom. The van der Waals surface area contributed by atoms with Crippen molar-refractivity contribution in [2.75, 3.05) is 50.7 Å². The van der Waals surface area contributed by atoms with Gasteiger partial charge in [0.15, 0.2) is 0 Å². The van der Waals surface area contributed by atoms with Crippen LogP contribution in [0.15, 0.2) is 36.5 Å². The first-order valence-corrected chi connectivity index (χ1v) is 13.0. The van der Waals surface area contributed by atoms with Crippen molar-refractivity contribution in [2.45, 2.75) is 50.6 Å². The lowest BCUT2D eigenvalue weighted by Gasteiger charge is -2.31. The van der Waals surface area contributed by atoms with Gasteiger partial charge in [0, 0.05) is 62.9 Å². The van der Waals surface area contributed by atoms with E-state index in [1.165, 1.54) is 0 Å².